The maximum Gasteiger partial charge on any atom is 0.224 e. The molecule has 5 nitrogen and oxygen atoms in total. The van der Waals surface area contributed by atoms with Gasteiger partial charge in [-0.15, -0.1) is 0 Å². The lowest BCUT2D eigenvalue weighted by atomic mass is 9.72. The minimum atomic E-state index is -0.00689. The lowest BCUT2D eigenvalue weighted by Gasteiger charge is -2.46. The summed E-state index contributed by atoms with van der Waals surface area (Å²) in [6, 6.07) is 11.4. The summed E-state index contributed by atoms with van der Waals surface area (Å²) < 4.78 is 2.39. The molecule has 1 unspecified atom stereocenters. The van der Waals surface area contributed by atoms with Crippen LogP contribution in [-0.2, 0) is 24.2 Å². The van der Waals surface area contributed by atoms with Crippen LogP contribution in [0.25, 0.3) is 10.9 Å². The minimum absolute atomic E-state index is 0.00689. The normalized spacial score (nSPS) is 22.5. The zero-order chi connectivity index (χ0) is 23.9. The number of piperidine rings is 1. The van der Waals surface area contributed by atoms with E-state index >= 15 is 0 Å². The number of nitrogens with zero attached hydrogens (tertiary/aromatic N) is 3. The van der Waals surface area contributed by atoms with E-state index in [0.29, 0.717) is 18.5 Å². The molecule has 1 N–H and O–H groups in total. The average Bonchev–Trinajstić information content (AvgIpc) is 3.21. The van der Waals surface area contributed by atoms with Crippen molar-refractivity contribution in [1.82, 2.24) is 19.8 Å². The second-order valence-corrected chi connectivity index (χ2v) is 11.0. The lowest BCUT2D eigenvalue weighted by Crippen LogP contribution is -2.53. The quantitative estimate of drug-likeness (QED) is 0.554. The number of likely N-dealkylation sites (tertiary alicyclic amines) is 1. The Hall–Kier alpha value is -2.66. The van der Waals surface area contributed by atoms with Gasteiger partial charge in [-0.1, -0.05) is 32.9 Å². The Bertz CT molecular complexity index is 1170. The summed E-state index contributed by atoms with van der Waals surface area (Å²) in [5.41, 5.74) is 5.53. The fourth-order valence-corrected chi connectivity index (χ4v) is 6.38. The van der Waals surface area contributed by atoms with Crippen LogP contribution in [0.2, 0.25) is 0 Å². The predicted molar refractivity (Wildman–Crippen MR) is 138 cm³/mol. The number of benzene rings is 1. The van der Waals surface area contributed by atoms with E-state index in [1.54, 1.807) is 0 Å². The maximum absolute atomic E-state index is 13.4. The van der Waals surface area contributed by atoms with Crippen LogP contribution < -0.4 is 5.32 Å². The second-order valence-electron chi connectivity index (χ2n) is 11.0. The number of amides is 1. The number of aryl methyl sites for hydroxylation is 1. The van der Waals surface area contributed by atoms with E-state index in [0.717, 1.165) is 38.9 Å². The topological polar surface area (TPSA) is 50.2 Å². The number of fused-ring (bicyclic) bond motifs is 2. The van der Waals surface area contributed by atoms with Crippen LogP contribution in [0.15, 0.2) is 48.9 Å². The average molecular weight is 459 g/mol. The molecule has 1 aromatic carbocycles. The lowest BCUT2D eigenvalue weighted by molar-refractivity contribution is -0.128. The number of likely N-dealkylation sites (N-methyl/N-ethyl adjacent to an activating group) is 1. The van der Waals surface area contributed by atoms with E-state index in [9.17, 15) is 4.79 Å². The molecule has 0 bridgehead atoms. The molecule has 1 fully saturated rings. The molecule has 0 radical (unpaired) electrons. The number of carbonyl (C=O) groups excluding carboxylic acids is 1. The molecule has 180 valence electrons. The monoisotopic (exact) mass is 458 g/mol. The summed E-state index contributed by atoms with van der Waals surface area (Å²) in [6.45, 7) is 12.4. The highest BCUT2D eigenvalue weighted by atomic mass is 16.1. The molecular weight excluding hydrogens is 420 g/mol. The van der Waals surface area contributed by atoms with Gasteiger partial charge >= 0.3 is 0 Å². The first-order valence-electron chi connectivity index (χ1n) is 12.9. The van der Waals surface area contributed by atoms with Gasteiger partial charge in [-0.2, -0.15) is 0 Å². The fraction of sp³-hybridized carbons (Fsp3) is 0.517. The summed E-state index contributed by atoms with van der Waals surface area (Å²) in [5, 5.41) is 4.77. The molecule has 1 aliphatic heterocycles. The molecule has 3 aromatic rings. The molecule has 1 aliphatic carbocycles. The highest BCUT2D eigenvalue weighted by Gasteiger charge is 2.42. The number of hydrogen-bond donors (Lipinski definition) is 1. The minimum Gasteiger partial charge on any atom is -0.355 e. The van der Waals surface area contributed by atoms with Crippen molar-refractivity contribution < 1.29 is 4.79 Å². The van der Waals surface area contributed by atoms with E-state index in [4.69, 9.17) is 0 Å². The molecule has 0 spiro atoms. The highest BCUT2D eigenvalue weighted by molar-refractivity contribution is 5.89. The van der Waals surface area contributed by atoms with Gasteiger partial charge in [0.1, 0.15) is 0 Å². The molecule has 34 heavy (non-hydrogen) atoms. The van der Waals surface area contributed by atoms with Gasteiger partial charge in [0.05, 0.1) is 5.92 Å². The number of nitrogens with one attached hydrogen (secondary N) is 1. The number of carbonyl (C=O) groups is 1. The van der Waals surface area contributed by atoms with Crippen molar-refractivity contribution in [3.63, 3.8) is 0 Å². The molecule has 3 atom stereocenters. The van der Waals surface area contributed by atoms with E-state index in [2.05, 4.69) is 84.0 Å². The molecule has 1 amide bonds. The Kier molecular flexibility index (Phi) is 6.24. The van der Waals surface area contributed by atoms with Crippen LogP contribution in [0.3, 0.4) is 0 Å². The van der Waals surface area contributed by atoms with Crippen molar-refractivity contribution in [1.29, 1.82) is 0 Å². The first-order chi connectivity index (χ1) is 16.4. The summed E-state index contributed by atoms with van der Waals surface area (Å²) in [4.78, 5) is 20.1. The molecule has 0 saturated carbocycles. The predicted octanol–water partition coefficient (Wildman–Crippen LogP) is 4.79. The molecule has 3 heterocycles. The van der Waals surface area contributed by atoms with Gasteiger partial charge < -0.3 is 9.88 Å². The number of hydrogen-bond acceptors (Lipinski definition) is 3. The van der Waals surface area contributed by atoms with Crippen LogP contribution in [-0.4, -0.2) is 46.0 Å². The molecule has 1 saturated heterocycles. The third-order valence-electron chi connectivity index (χ3n) is 8.06. The number of pyridine rings is 1. The Morgan fingerprint density at radius 1 is 1.15 bits per heavy atom. The first kappa shape index (κ1) is 23.1. The van der Waals surface area contributed by atoms with Crippen LogP contribution in [0.1, 0.15) is 56.7 Å². The number of aromatic nitrogens is 2. The Morgan fingerprint density at radius 3 is 2.68 bits per heavy atom. The van der Waals surface area contributed by atoms with E-state index < -0.39 is 0 Å². The Balaban J connectivity index is 1.33. The maximum atomic E-state index is 13.4. The van der Waals surface area contributed by atoms with Gasteiger partial charge in [0.25, 0.3) is 0 Å². The van der Waals surface area contributed by atoms with Gasteiger partial charge in [-0.25, -0.2) is 0 Å². The van der Waals surface area contributed by atoms with Gasteiger partial charge in [-0.05, 0) is 73.0 Å². The Labute approximate surface area is 203 Å². The van der Waals surface area contributed by atoms with E-state index in [-0.39, 0.29) is 17.2 Å². The van der Waals surface area contributed by atoms with Crippen molar-refractivity contribution in [3.8, 4) is 0 Å². The summed E-state index contributed by atoms with van der Waals surface area (Å²) in [5.74, 6) is 0.657. The van der Waals surface area contributed by atoms with Gasteiger partial charge in [-0.3, -0.25) is 14.7 Å². The van der Waals surface area contributed by atoms with Crippen molar-refractivity contribution in [2.75, 3.05) is 19.6 Å². The summed E-state index contributed by atoms with van der Waals surface area (Å²) >= 11 is 0. The highest BCUT2D eigenvalue weighted by Crippen LogP contribution is 2.45. The largest absolute Gasteiger partial charge is 0.355 e. The zero-order valence-corrected chi connectivity index (χ0v) is 21.1. The Morgan fingerprint density at radius 2 is 1.94 bits per heavy atom. The molecule has 2 aliphatic rings. The van der Waals surface area contributed by atoms with Gasteiger partial charge in [0.2, 0.25) is 5.91 Å². The smallest absolute Gasteiger partial charge is 0.224 e. The second kappa shape index (κ2) is 9.18. The third kappa shape index (κ3) is 4.26. The van der Waals surface area contributed by atoms with E-state index in [1.165, 1.54) is 27.6 Å². The third-order valence-corrected chi connectivity index (χ3v) is 8.06. The van der Waals surface area contributed by atoms with Crippen LogP contribution in [0, 0.1) is 11.3 Å². The zero-order valence-electron chi connectivity index (χ0n) is 21.1. The molecule has 2 aromatic heterocycles. The van der Waals surface area contributed by atoms with Gasteiger partial charge in [0.15, 0.2) is 0 Å². The van der Waals surface area contributed by atoms with Crippen molar-refractivity contribution in [2.45, 2.75) is 65.5 Å². The SMILES string of the molecule is CCN1C[C@H](C(=O)NCC(C)(C)Cc2ccncc2)CC2c3cccc4c3c(cn4CC)C[C@H]21. The van der Waals surface area contributed by atoms with Crippen LogP contribution in [0.4, 0.5) is 0 Å². The molecular formula is C29H38N4O. The summed E-state index contributed by atoms with van der Waals surface area (Å²) in [6.07, 6.45) is 8.99. The number of rotatable bonds is 7. The first-order valence-corrected chi connectivity index (χ1v) is 12.9. The fourth-order valence-electron chi connectivity index (χ4n) is 6.38. The van der Waals surface area contributed by atoms with E-state index in [1.807, 2.05) is 12.4 Å². The van der Waals surface area contributed by atoms with Crippen molar-refractivity contribution >= 4 is 16.8 Å². The van der Waals surface area contributed by atoms with Crippen LogP contribution in [0.5, 0.6) is 0 Å². The molecule has 5 rings (SSSR count). The van der Waals surface area contributed by atoms with Gasteiger partial charge in [0, 0.05) is 61.1 Å². The molecule has 5 heteroatoms. The standard InChI is InChI=1S/C29H38N4O/c1-5-32-17-21-15-26-24(23-8-7-9-25(32)27(21)23)14-22(18-33(26)6-2)28(34)31-19-29(3,4)16-20-10-12-30-13-11-20/h7-13,17,22,24,26H,5-6,14-16,18-19H2,1-4H3,(H,31,34)/t22-,24?,26-/m1/s1. The van der Waals surface area contributed by atoms with Crippen molar-refractivity contribution in [2.24, 2.45) is 11.3 Å². The summed E-state index contributed by atoms with van der Waals surface area (Å²) in [7, 11) is 0. The van der Waals surface area contributed by atoms with Crippen molar-refractivity contribution in [3.05, 3.63) is 65.6 Å². The van der Waals surface area contributed by atoms with Crippen LogP contribution >= 0.6 is 0 Å².